The van der Waals surface area contributed by atoms with Gasteiger partial charge in [-0.15, -0.1) is 10.1 Å². The van der Waals surface area contributed by atoms with Gasteiger partial charge in [0.05, 0.1) is 0 Å². The molecular weight excluding hydrogens is 106 g/mol. The highest BCUT2D eigenvalue weighted by Crippen LogP contribution is 1.38. The SMILES string of the molecule is O=[N+]([O-])O.O=[Si]. The van der Waals surface area contributed by atoms with Gasteiger partial charge in [-0.25, -0.2) is 0 Å². The van der Waals surface area contributed by atoms with E-state index in [4.69, 9.17) is 19.8 Å². The third kappa shape index (κ3) is 25.8. The van der Waals surface area contributed by atoms with E-state index in [9.17, 15) is 0 Å². The average Bonchev–Trinajstić information content (AvgIpc) is 1.41. The topological polar surface area (TPSA) is 80.4 Å². The third-order valence-electron chi connectivity index (χ3n) is 0. The van der Waals surface area contributed by atoms with Gasteiger partial charge in [0, 0.05) is 0 Å². The van der Waals surface area contributed by atoms with E-state index < -0.39 is 5.09 Å². The third-order valence-corrected chi connectivity index (χ3v) is 0. The van der Waals surface area contributed by atoms with Crippen molar-refractivity contribution in [3.05, 3.63) is 10.1 Å². The highest BCUT2D eigenvalue weighted by Gasteiger charge is 1.65. The smallest absolute Gasteiger partial charge is 0.381 e. The Labute approximate surface area is 36.2 Å². The van der Waals surface area contributed by atoms with E-state index in [-0.39, 0.29) is 0 Å². The molecule has 5 nitrogen and oxygen atoms in total. The molecule has 34 valence electrons. The summed E-state index contributed by atoms with van der Waals surface area (Å²) in [5.74, 6) is 0. The summed E-state index contributed by atoms with van der Waals surface area (Å²) in [7, 11) is 1.72. The minimum absolute atomic E-state index is 1.50. The van der Waals surface area contributed by atoms with Crippen molar-refractivity contribution < 1.29 is 14.8 Å². The molecule has 0 aliphatic heterocycles. The van der Waals surface area contributed by atoms with Gasteiger partial charge in [0.2, 0.25) is 0 Å². The van der Waals surface area contributed by atoms with Crippen LogP contribution >= 0.6 is 0 Å². The molecule has 0 bridgehead atoms. The molecule has 0 saturated heterocycles. The molecule has 0 saturated carbocycles. The Kier molecular flexibility index (Phi) is 13.3. The summed E-state index contributed by atoms with van der Waals surface area (Å²) in [4.78, 5) is 8.36. The van der Waals surface area contributed by atoms with Gasteiger partial charge in [-0.1, -0.05) is 0 Å². The second-order valence-corrected chi connectivity index (χ2v) is 0.238. The van der Waals surface area contributed by atoms with Crippen molar-refractivity contribution >= 4 is 10.1 Å². The first kappa shape index (κ1) is 8.96. The zero-order valence-electron chi connectivity index (χ0n) is 2.62. The molecule has 0 atom stereocenters. The fourth-order valence-electron chi connectivity index (χ4n) is 0. The Morgan fingerprint density at radius 1 is 1.67 bits per heavy atom. The largest absolute Gasteiger partial charge is 0.381 e. The van der Waals surface area contributed by atoms with Crippen LogP contribution in [0.2, 0.25) is 0 Å². The molecule has 0 aromatic heterocycles. The minimum Gasteiger partial charge on any atom is -0.381 e. The average molecular weight is 107 g/mol. The number of nitrogens with zero attached hydrogens (tertiary/aromatic N) is 1. The predicted octanol–water partition coefficient (Wildman–Crippen LogP) is -0.847. The van der Waals surface area contributed by atoms with Gasteiger partial charge in [-0.3, -0.25) is 0 Å². The summed E-state index contributed by atoms with van der Waals surface area (Å²) < 4.78 is 8.06. The lowest BCUT2D eigenvalue weighted by molar-refractivity contribution is -0.742. The lowest BCUT2D eigenvalue weighted by Gasteiger charge is -1.56. The maximum atomic E-state index is 8.36. The molecule has 2 radical (unpaired) electrons. The first-order valence-corrected chi connectivity index (χ1v) is 1.18. The molecule has 6 heavy (non-hydrogen) atoms. The fourth-order valence-corrected chi connectivity index (χ4v) is 0. The molecule has 0 aromatic rings. The van der Waals surface area contributed by atoms with E-state index in [0.29, 0.717) is 0 Å². The second-order valence-electron chi connectivity index (χ2n) is 0.238. The summed E-state index contributed by atoms with van der Waals surface area (Å²) in [6.45, 7) is 0. The molecule has 1 N–H and O–H groups in total. The van der Waals surface area contributed by atoms with Crippen LogP contribution in [0.15, 0.2) is 0 Å². The molecular formula is HNO4Si. The van der Waals surface area contributed by atoms with E-state index in [1.54, 1.807) is 10.1 Å². The number of rotatable bonds is 0. The number of hydrogen-bond donors (Lipinski definition) is 1. The summed E-state index contributed by atoms with van der Waals surface area (Å²) in [6, 6.07) is 0. The van der Waals surface area contributed by atoms with Crippen molar-refractivity contribution in [3.63, 3.8) is 0 Å². The lowest BCUT2D eigenvalue weighted by Crippen LogP contribution is -1.81. The molecule has 0 fully saturated rings. The Morgan fingerprint density at radius 2 is 1.67 bits per heavy atom. The normalized spacial score (nSPS) is 4.67. The highest BCUT2D eigenvalue weighted by atomic mass is 28.1. The molecule has 0 spiro atoms. The zero-order chi connectivity index (χ0) is 5.58. The van der Waals surface area contributed by atoms with Gasteiger partial charge in [-0.05, 0) is 0 Å². The van der Waals surface area contributed by atoms with Gasteiger partial charge in [-0.2, -0.15) is 0 Å². The minimum atomic E-state index is -1.50. The first-order valence-electron chi connectivity index (χ1n) is 0.769. The van der Waals surface area contributed by atoms with Gasteiger partial charge in [0.15, 0.2) is 0 Å². The molecule has 0 aliphatic carbocycles. The van der Waals surface area contributed by atoms with Crippen molar-refractivity contribution in [2.75, 3.05) is 0 Å². The van der Waals surface area contributed by atoms with Crippen LogP contribution in [0.5, 0.6) is 0 Å². The molecule has 0 aromatic carbocycles. The van der Waals surface area contributed by atoms with Crippen LogP contribution in [-0.2, 0) is 4.46 Å². The van der Waals surface area contributed by atoms with Crippen LogP contribution in [0, 0.1) is 10.1 Å². The van der Waals surface area contributed by atoms with E-state index >= 15 is 0 Å². The molecule has 0 heterocycles. The summed E-state index contributed by atoms with van der Waals surface area (Å²) in [5, 5.41) is 13.6. The molecule has 0 amide bonds. The van der Waals surface area contributed by atoms with Gasteiger partial charge < -0.3 is 9.67 Å². The van der Waals surface area contributed by atoms with Gasteiger partial charge in [0.25, 0.3) is 5.09 Å². The van der Waals surface area contributed by atoms with Crippen LogP contribution in [-0.4, -0.2) is 20.4 Å². The van der Waals surface area contributed by atoms with Crippen LogP contribution in [0.3, 0.4) is 0 Å². The maximum Gasteiger partial charge on any atom is 0.381 e. The Bertz CT molecular complexity index is 38.8. The Morgan fingerprint density at radius 3 is 1.67 bits per heavy atom. The van der Waals surface area contributed by atoms with E-state index in [1.165, 1.54) is 0 Å². The van der Waals surface area contributed by atoms with Gasteiger partial charge >= 0.3 is 10.1 Å². The zero-order valence-corrected chi connectivity index (χ0v) is 3.62. The van der Waals surface area contributed by atoms with Crippen LogP contribution < -0.4 is 0 Å². The van der Waals surface area contributed by atoms with Crippen molar-refractivity contribution in [2.45, 2.75) is 0 Å². The quantitative estimate of drug-likeness (QED) is 0.248. The van der Waals surface area contributed by atoms with Crippen LogP contribution in [0.4, 0.5) is 0 Å². The van der Waals surface area contributed by atoms with Gasteiger partial charge in [0.1, 0.15) is 0 Å². The van der Waals surface area contributed by atoms with Crippen molar-refractivity contribution in [2.24, 2.45) is 0 Å². The first-order chi connectivity index (χ1) is 2.73. The van der Waals surface area contributed by atoms with Crippen LogP contribution in [0.25, 0.3) is 0 Å². The van der Waals surface area contributed by atoms with E-state index in [1.807, 2.05) is 0 Å². The molecule has 0 rings (SSSR count). The van der Waals surface area contributed by atoms with Crippen molar-refractivity contribution in [1.82, 2.24) is 0 Å². The molecule has 0 unspecified atom stereocenters. The summed E-state index contributed by atoms with van der Waals surface area (Å²) in [5.41, 5.74) is 0. The highest BCUT2D eigenvalue weighted by molar-refractivity contribution is 5.85. The fraction of sp³-hybridized carbons (Fsp3) is 0. The second kappa shape index (κ2) is 8.88. The van der Waals surface area contributed by atoms with E-state index in [0.717, 1.165) is 0 Å². The van der Waals surface area contributed by atoms with Crippen molar-refractivity contribution in [1.29, 1.82) is 0 Å². The maximum absolute atomic E-state index is 8.36. The number of hydrogen-bond acceptors (Lipinski definition) is 3. The Hall–Kier alpha value is -0.783. The predicted molar refractivity (Wildman–Crippen MR) is 15.2 cm³/mol. The monoisotopic (exact) mass is 107 g/mol. The van der Waals surface area contributed by atoms with E-state index in [2.05, 4.69) is 0 Å². The van der Waals surface area contributed by atoms with Crippen LogP contribution in [0.1, 0.15) is 0 Å². The lowest BCUT2D eigenvalue weighted by atomic mass is 13.1. The molecule has 6 heteroatoms. The summed E-state index contributed by atoms with van der Waals surface area (Å²) in [6.07, 6.45) is 0. The standard InChI is InChI=1S/HNO3.OSi/c2-1(3)4;1-2/h(H,2,3,4);. The molecule has 0 aliphatic rings. The Balaban J connectivity index is 0. The summed E-state index contributed by atoms with van der Waals surface area (Å²) >= 11 is 0. The van der Waals surface area contributed by atoms with Crippen molar-refractivity contribution in [3.8, 4) is 0 Å².